The molecular formula is C11H8N2O. The Morgan fingerprint density at radius 1 is 1.07 bits per heavy atom. The molecule has 3 rings (SSSR count). The van der Waals surface area contributed by atoms with Crippen molar-refractivity contribution in [1.82, 2.24) is 10.2 Å². The Morgan fingerprint density at radius 3 is 2.86 bits per heavy atom. The summed E-state index contributed by atoms with van der Waals surface area (Å²) in [6, 6.07) is 7.65. The predicted octanol–water partition coefficient (Wildman–Crippen LogP) is 1.76. The standard InChI is InChI=1S/C11H8N2O/c14-10-6-5-9-11(10)7-3-1-2-4-8(7)12-13-9/h1-4H,5-6H2. The van der Waals surface area contributed by atoms with Gasteiger partial charge in [0.05, 0.1) is 16.8 Å². The first-order valence-electron chi connectivity index (χ1n) is 4.64. The number of benzene rings is 1. The molecule has 1 heterocycles. The van der Waals surface area contributed by atoms with Crippen molar-refractivity contribution in [3.8, 4) is 0 Å². The lowest BCUT2D eigenvalue weighted by atomic mass is 10.1. The van der Waals surface area contributed by atoms with Crippen molar-refractivity contribution in [2.45, 2.75) is 12.8 Å². The second-order valence-corrected chi connectivity index (χ2v) is 3.46. The number of hydrogen-bond donors (Lipinski definition) is 0. The van der Waals surface area contributed by atoms with E-state index in [1.54, 1.807) is 0 Å². The molecule has 3 heteroatoms. The third kappa shape index (κ3) is 0.894. The highest BCUT2D eigenvalue weighted by Gasteiger charge is 2.23. The highest BCUT2D eigenvalue weighted by atomic mass is 16.1. The Hall–Kier alpha value is -1.77. The highest BCUT2D eigenvalue weighted by molar-refractivity contribution is 6.09. The van der Waals surface area contributed by atoms with Crippen molar-refractivity contribution in [2.75, 3.05) is 0 Å². The van der Waals surface area contributed by atoms with Crippen LogP contribution in [0.3, 0.4) is 0 Å². The Kier molecular flexibility index (Phi) is 1.42. The number of hydrogen-bond acceptors (Lipinski definition) is 3. The van der Waals surface area contributed by atoms with E-state index < -0.39 is 0 Å². The Bertz CT molecular complexity index is 534. The van der Waals surface area contributed by atoms with Crippen LogP contribution in [0.15, 0.2) is 24.3 Å². The first kappa shape index (κ1) is 7.62. The molecule has 0 aliphatic heterocycles. The van der Waals surface area contributed by atoms with Gasteiger partial charge in [-0.3, -0.25) is 4.79 Å². The minimum atomic E-state index is 0.200. The number of aryl methyl sites for hydroxylation is 1. The lowest BCUT2D eigenvalue weighted by Crippen LogP contribution is -1.97. The van der Waals surface area contributed by atoms with Gasteiger partial charge in [0.1, 0.15) is 0 Å². The molecule has 0 unspecified atom stereocenters. The molecule has 0 amide bonds. The number of Topliss-reactive ketones (excluding diaryl/α,β-unsaturated/α-hetero) is 1. The van der Waals surface area contributed by atoms with Gasteiger partial charge >= 0.3 is 0 Å². The van der Waals surface area contributed by atoms with Crippen LogP contribution in [0.1, 0.15) is 22.5 Å². The fourth-order valence-corrected chi connectivity index (χ4v) is 1.93. The van der Waals surface area contributed by atoms with Crippen LogP contribution in [0.4, 0.5) is 0 Å². The van der Waals surface area contributed by atoms with Crippen LogP contribution in [0, 0.1) is 0 Å². The van der Waals surface area contributed by atoms with E-state index in [0.29, 0.717) is 6.42 Å². The Balaban J connectivity index is 2.47. The maximum Gasteiger partial charge on any atom is 0.165 e. The van der Waals surface area contributed by atoms with Crippen molar-refractivity contribution in [3.05, 3.63) is 35.5 Å². The number of nitrogens with zero attached hydrogens (tertiary/aromatic N) is 2. The van der Waals surface area contributed by atoms with E-state index in [1.165, 1.54) is 0 Å². The minimum absolute atomic E-state index is 0.200. The summed E-state index contributed by atoms with van der Waals surface area (Å²) < 4.78 is 0. The third-order valence-electron chi connectivity index (χ3n) is 2.61. The average molecular weight is 184 g/mol. The first-order chi connectivity index (χ1) is 6.86. The van der Waals surface area contributed by atoms with Crippen LogP contribution in [-0.4, -0.2) is 16.0 Å². The monoisotopic (exact) mass is 184 g/mol. The SMILES string of the molecule is O=C1CCc2nnc3ccccc3c21. The van der Waals surface area contributed by atoms with Crippen LogP contribution in [0.25, 0.3) is 10.9 Å². The van der Waals surface area contributed by atoms with Gasteiger partial charge in [-0.2, -0.15) is 10.2 Å². The molecule has 0 N–H and O–H groups in total. The molecule has 0 bridgehead atoms. The van der Waals surface area contributed by atoms with Crippen molar-refractivity contribution in [3.63, 3.8) is 0 Å². The molecule has 1 aliphatic rings. The summed E-state index contributed by atoms with van der Waals surface area (Å²) >= 11 is 0. The van der Waals surface area contributed by atoms with E-state index >= 15 is 0 Å². The van der Waals surface area contributed by atoms with Gasteiger partial charge in [-0.1, -0.05) is 18.2 Å². The summed E-state index contributed by atoms with van der Waals surface area (Å²) in [4.78, 5) is 11.6. The second kappa shape index (κ2) is 2.61. The van der Waals surface area contributed by atoms with Gasteiger partial charge in [0.2, 0.25) is 0 Å². The number of rotatable bonds is 0. The fourth-order valence-electron chi connectivity index (χ4n) is 1.93. The van der Waals surface area contributed by atoms with Crippen LogP contribution in [-0.2, 0) is 6.42 Å². The van der Waals surface area contributed by atoms with Gasteiger partial charge in [0.15, 0.2) is 5.78 Å². The summed E-state index contributed by atoms with van der Waals surface area (Å²) in [6.07, 6.45) is 1.32. The number of aromatic nitrogens is 2. The number of carbonyl (C=O) groups excluding carboxylic acids is 1. The molecule has 0 spiro atoms. The largest absolute Gasteiger partial charge is 0.294 e. The molecule has 0 saturated carbocycles. The summed E-state index contributed by atoms with van der Waals surface area (Å²) in [6.45, 7) is 0. The summed E-state index contributed by atoms with van der Waals surface area (Å²) in [5, 5.41) is 9.10. The molecule has 14 heavy (non-hydrogen) atoms. The molecule has 0 saturated heterocycles. The van der Waals surface area contributed by atoms with Gasteiger partial charge in [-0.05, 0) is 12.5 Å². The summed E-state index contributed by atoms with van der Waals surface area (Å²) in [5.74, 6) is 0.200. The second-order valence-electron chi connectivity index (χ2n) is 3.46. The predicted molar refractivity (Wildman–Crippen MR) is 52.2 cm³/mol. The van der Waals surface area contributed by atoms with Crippen molar-refractivity contribution in [2.24, 2.45) is 0 Å². The zero-order valence-electron chi connectivity index (χ0n) is 7.53. The van der Waals surface area contributed by atoms with E-state index in [9.17, 15) is 4.79 Å². The normalized spacial score (nSPS) is 14.7. The highest BCUT2D eigenvalue weighted by Crippen LogP contribution is 2.26. The average Bonchev–Trinajstić information content (AvgIpc) is 2.61. The molecule has 0 radical (unpaired) electrons. The molecule has 1 aromatic heterocycles. The number of ketones is 1. The summed E-state index contributed by atoms with van der Waals surface area (Å²) in [5.41, 5.74) is 2.45. The lowest BCUT2D eigenvalue weighted by molar-refractivity contribution is 0.0996. The van der Waals surface area contributed by atoms with E-state index in [4.69, 9.17) is 0 Å². The van der Waals surface area contributed by atoms with Gasteiger partial charge in [-0.15, -0.1) is 0 Å². The Morgan fingerprint density at radius 2 is 1.93 bits per heavy atom. The lowest BCUT2D eigenvalue weighted by Gasteiger charge is -2.00. The molecule has 3 nitrogen and oxygen atoms in total. The first-order valence-corrected chi connectivity index (χ1v) is 4.64. The van der Waals surface area contributed by atoms with Gasteiger partial charge in [0.25, 0.3) is 0 Å². The molecular weight excluding hydrogens is 176 g/mol. The Labute approximate surface area is 80.8 Å². The topological polar surface area (TPSA) is 42.9 Å². The molecule has 1 aliphatic carbocycles. The van der Waals surface area contributed by atoms with Gasteiger partial charge in [-0.25, -0.2) is 0 Å². The van der Waals surface area contributed by atoms with Gasteiger partial charge in [0, 0.05) is 11.8 Å². The number of fused-ring (bicyclic) bond motifs is 3. The molecule has 2 aromatic rings. The van der Waals surface area contributed by atoms with Crippen LogP contribution in [0.2, 0.25) is 0 Å². The van der Waals surface area contributed by atoms with E-state index in [-0.39, 0.29) is 5.78 Å². The fraction of sp³-hybridized carbons (Fsp3) is 0.182. The van der Waals surface area contributed by atoms with Crippen molar-refractivity contribution in [1.29, 1.82) is 0 Å². The van der Waals surface area contributed by atoms with Crippen LogP contribution < -0.4 is 0 Å². The van der Waals surface area contributed by atoms with Crippen LogP contribution >= 0.6 is 0 Å². The zero-order valence-corrected chi connectivity index (χ0v) is 7.53. The maximum atomic E-state index is 11.6. The zero-order chi connectivity index (χ0) is 9.54. The van der Waals surface area contributed by atoms with E-state index in [1.807, 2.05) is 24.3 Å². The molecule has 0 atom stereocenters. The maximum absolute atomic E-state index is 11.6. The van der Waals surface area contributed by atoms with Gasteiger partial charge < -0.3 is 0 Å². The third-order valence-corrected chi connectivity index (χ3v) is 2.61. The van der Waals surface area contributed by atoms with Crippen molar-refractivity contribution >= 4 is 16.7 Å². The molecule has 1 aromatic carbocycles. The van der Waals surface area contributed by atoms with Crippen molar-refractivity contribution < 1.29 is 4.79 Å². The molecule has 0 fully saturated rings. The molecule has 68 valence electrons. The van der Waals surface area contributed by atoms with Crippen LogP contribution in [0.5, 0.6) is 0 Å². The van der Waals surface area contributed by atoms with E-state index in [0.717, 1.165) is 28.6 Å². The quantitative estimate of drug-likeness (QED) is 0.626. The minimum Gasteiger partial charge on any atom is -0.294 e. The number of carbonyl (C=O) groups is 1. The summed E-state index contributed by atoms with van der Waals surface area (Å²) in [7, 11) is 0. The smallest absolute Gasteiger partial charge is 0.165 e. The van der Waals surface area contributed by atoms with E-state index in [2.05, 4.69) is 10.2 Å².